The summed E-state index contributed by atoms with van der Waals surface area (Å²) >= 11 is 0. The van der Waals surface area contributed by atoms with Gasteiger partial charge in [0.2, 0.25) is 5.76 Å². The summed E-state index contributed by atoms with van der Waals surface area (Å²) < 4.78 is 9.82. The second-order valence-corrected chi connectivity index (χ2v) is 5.59. The Kier molecular flexibility index (Phi) is 5.20. The van der Waals surface area contributed by atoms with E-state index >= 15 is 0 Å². The molecule has 112 valence electrons. The quantitative estimate of drug-likeness (QED) is 0.781. The third-order valence-electron chi connectivity index (χ3n) is 4.18. The van der Waals surface area contributed by atoms with Crippen molar-refractivity contribution in [3.8, 4) is 0 Å². The average Bonchev–Trinajstić information content (AvgIpc) is 2.96. The highest BCUT2D eigenvalue weighted by Gasteiger charge is 2.31. The maximum absolute atomic E-state index is 11.5. The maximum atomic E-state index is 11.5. The van der Waals surface area contributed by atoms with Crippen molar-refractivity contribution in [1.82, 2.24) is 5.32 Å². The Bertz CT molecular complexity index is 435. The standard InChI is InChI=1S/C15H23NO4/c1-19-14(18)13-12(5-8-20-13)9-16-10-15(11-17)6-3-2-4-7-15/h5,8,16-17H,2-4,6-7,9-11H2,1H3. The zero-order valence-electron chi connectivity index (χ0n) is 12.0. The molecule has 0 aliphatic heterocycles. The Morgan fingerprint density at radius 2 is 2.20 bits per heavy atom. The molecule has 20 heavy (non-hydrogen) atoms. The molecule has 1 aromatic heterocycles. The maximum Gasteiger partial charge on any atom is 0.374 e. The van der Waals surface area contributed by atoms with E-state index in [0.717, 1.165) is 24.9 Å². The molecule has 1 aliphatic carbocycles. The van der Waals surface area contributed by atoms with Crippen LogP contribution in [0.2, 0.25) is 0 Å². The average molecular weight is 281 g/mol. The molecule has 1 aliphatic rings. The molecular formula is C15H23NO4. The van der Waals surface area contributed by atoms with Gasteiger partial charge in [-0.2, -0.15) is 0 Å². The zero-order chi connectivity index (χ0) is 14.4. The first-order valence-corrected chi connectivity index (χ1v) is 7.17. The van der Waals surface area contributed by atoms with Gasteiger partial charge in [0.05, 0.1) is 13.4 Å². The molecule has 5 nitrogen and oxygen atoms in total. The van der Waals surface area contributed by atoms with Crippen molar-refractivity contribution < 1.29 is 19.1 Å². The number of hydrogen-bond donors (Lipinski definition) is 2. The van der Waals surface area contributed by atoms with Crippen LogP contribution in [0.1, 0.15) is 48.2 Å². The van der Waals surface area contributed by atoms with Crippen LogP contribution in [0.3, 0.4) is 0 Å². The van der Waals surface area contributed by atoms with Gasteiger partial charge in [0.15, 0.2) is 0 Å². The molecule has 0 bridgehead atoms. The zero-order valence-corrected chi connectivity index (χ0v) is 12.0. The minimum atomic E-state index is -0.457. The topological polar surface area (TPSA) is 71.7 Å². The number of carbonyl (C=O) groups excluding carboxylic acids is 1. The first kappa shape index (κ1) is 15.1. The van der Waals surface area contributed by atoms with E-state index < -0.39 is 5.97 Å². The lowest BCUT2D eigenvalue weighted by molar-refractivity contribution is 0.0562. The van der Waals surface area contributed by atoms with Crippen LogP contribution in [-0.4, -0.2) is 31.3 Å². The first-order chi connectivity index (χ1) is 9.71. The number of aliphatic hydroxyl groups excluding tert-OH is 1. The van der Waals surface area contributed by atoms with Crippen molar-refractivity contribution in [1.29, 1.82) is 0 Å². The van der Waals surface area contributed by atoms with Gasteiger partial charge >= 0.3 is 5.97 Å². The van der Waals surface area contributed by atoms with Gasteiger partial charge in [0.25, 0.3) is 0 Å². The molecular weight excluding hydrogens is 258 g/mol. The van der Waals surface area contributed by atoms with Crippen molar-refractivity contribution in [2.45, 2.75) is 38.6 Å². The van der Waals surface area contributed by atoms with Crippen molar-refractivity contribution in [3.05, 3.63) is 23.7 Å². The van der Waals surface area contributed by atoms with Crippen molar-refractivity contribution in [3.63, 3.8) is 0 Å². The molecule has 0 unspecified atom stereocenters. The summed E-state index contributed by atoms with van der Waals surface area (Å²) in [4.78, 5) is 11.5. The lowest BCUT2D eigenvalue weighted by Gasteiger charge is -2.35. The van der Waals surface area contributed by atoms with Crippen LogP contribution in [0.4, 0.5) is 0 Å². The lowest BCUT2D eigenvalue weighted by Crippen LogP contribution is -2.38. The van der Waals surface area contributed by atoms with Crippen molar-refractivity contribution in [2.24, 2.45) is 5.41 Å². The number of methoxy groups -OCH3 is 1. The molecule has 1 heterocycles. The summed E-state index contributed by atoms with van der Waals surface area (Å²) in [5.74, 6) is -0.206. The molecule has 0 saturated heterocycles. The summed E-state index contributed by atoms with van der Waals surface area (Å²) in [6.45, 7) is 1.52. The van der Waals surface area contributed by atoms with Gasteiger partial charge in [-0.25, -0.2) is 4.79 Å². The molecule has 0 spiro atoms. The fourth-order valence-electron chi connectivity index (χ4n) is 2.90. The van der Waals surface area contributed by atoms with E-state index in [1.165, 1.54) is 32.6 Å². The number of aliphatic hydroxyl groups is 1. The summed E-state index contributed by atoms with van der Waals surface area (Å²) in [7, 11) is 1.34. The monoisotopic (exact) mass is 281 g/mol. The Labute approximate surface area is 119 Å². The molecule has 5 heteroatoms. The molecule has 0 amide bonds. The Balaban J connectivity index is 1.89. The number of carbonyl (C=O) groups is 1. The van der Waals surface area contributed by atoms with Crippen molar-refractivity contribution in [2.75, 3.05) is 20.3 Å². The minimum absolute atomic E-state index is 0.00653. The molecule has 2 N–H and O–H groups in total. The molecule has 1 aromatic rings. The number of rotatable bonds is 6. The number of hydrogen-bond acceptors (Lipinski definition) is 5. The highest BCUT2D eigenvalue weighted by atomic mass is 16.5. The summed E-state index contributed by atoms with van der Waals surface area (Å²) in [6.07, 6.45) is 7.24. The second kappa shape index (κ2) is 6.90. The number of nitrogens with one attached hydrogen (secondary N) is 1. The lowest BCUT2D eigenvalue weighted by atomic mass is 9.74. The predicted molar refractivity (Wildman–Crippen MR) is 74.4 cm³/mol. The Morgan fingerprint density at radius 3 is 2.85 bits per heavy atom. The van der Waals surface area contributed by atoms with E-state index in [9.17, 15) is 9.90 Å². The minimum Gasteiger partial charge on any atom is -0.463 e. The van der Waals surface area contributed by atoms with E-state index in [-0.39, 0.29) is 17.8 Å². The van der Waals surface area contributed by atoms with Crippen LogP contribution in [0, 0.1) is 5.41 Å². The molecule has 2 rings (SSSR count). The van der Waals surface area contributed by atoms with Crippen molar-refractivity contribution >= 4 is 5.97 Å². The first-order valence-electron chi connectivity index (χ1n) is 7.17. The Morgan fingerprint density at radius 1 is 1.45 bits per heavy atom. The highest BCUT2D eigenvalue weighted by Crippen LogP contribution is 2.35. The largest absolute Gasteiger partial charge is 0.463 e. The fourth-order valence-corrected chi connectivity index (χ4v) is 2.90. The van der Waals surface area contributed by atoms with Crippen LogP contribution in [0.25, 0.3) is 0 Å². The highest BCUT2D eigenvalue weighted by molar-refractivity contribution is 5.87. The molecule has 0 radical (unpaired) electrons. The Hall–Kier alpha value is -1.33. The van der Waals surface area contributed by atoms with Gasteiger partial charge < -0.3 is 19.6 Å². The van der Waals surface area contributed by atoms with Gasteiger partial charge in [0, 0.05) is 30.7 Å². The smallest absolute Gasteiger partial charge is 0.374 e. The molecule has 1 saturated carbocycles. The van der Waals surface area contributed by atoms with E-state index in [2.05, 4.69) is 10.1 Å². The normalized spacial score (nSPS) is 17.9. The van der Waals surface area contributed by atoms with Crippen LogP contribution in [0.5, 0.6) is 0 Å². The van der Waals surface area contributed by atoms with Gasteiger partial charge in [0.1, 0.15) is 0 Å². The third kappa shape index (κ3) is 3.41. The van der Waals surface area contributed by atoms with Gasteiger partial charge in [-0.15, -0.1) is 0 Å². The summed E-state index contributed by atoms with van der Waals surface area (Å²) in [6, 6.07) is 1.77. The van der Waals surface area contributed by atoms with Gasteiger partial charge in [-0.1, -0.05) is 19.3 Å². The molecule has 1 fully saturated rings. The summed E-state index contributed by atoms with van der Waals surface area (Å²) in [5, 5.41) is 13.0. The van der Waals surface area contributed by atoms with Crippen LogP contribution < -0.4 is 5.32 Å². The van der Waals surface area contributed by atoms with Crippen LogP contribution >= 0.6 is 0 Å². The summed E-state index contributed by atoms with van der Waals surface area (Å²) in [5.41, 5.74) is 0.786. The van der Waals surface area contributed by atoms with Crippen LogP contribution in [0.15, 0.2) is 16.7 Å². The van der Waals surface area contributed by atoms with Gasteiger partial charge in [-0.3, -0.25) is 0 Å². The van der Waals surface area contributed by atoms with E-state index in [1.54, 1.807) is 6.07 Å². The molecule has 0 atom stereocenters. The number of ether oxygens (including phenoxy) is 1. The van der Waals surface area contributed by atoms with E-state index in [1.807, 2.05) is 0 Å². The fraction of sp³-hybridized carbons (Fsp3) is 0.667. The van der Waals surface area contributed by atoms with Gasteiger partial charge in [-0.05, 0) is 18.9 Å². The SMILES string of the molecule is COC(=O)c1occc1CNCC1(CO)CCCCC1. The van der Waals surface area contributed by atoms with Crippen LogP contribution in [-0.2, 0) is 11.3 Å². The third-order valence-corrected chi connectivity index (χ3v) is 4.18. The predicted octanol–water partition coefficient (Wildman–Crippen LogP) is 2.10. The second-order valence-electron chi connectivity index (χ2n) is 5.59. The number of furan rings is 1. The number of esters is 1. The molecule has 0 aromatic carbocycles. The van der Waals surface area contributed by atoms with E-state index in [4.69, 9.17) is 4.42 Å². The van der Waals surface area contributed by atoms with E-state index in [0.29, 0.717) is 6.54 Å².